The number of rotatable bonds is 13. The van der Waals surface area contributed by atoms with Gasteiger partial charge in [0.25, 0.3) is 0 Å². The zero-order valence-electron chi connectivity index (χ0n) is 20.6. The van der Waals surface area contributed by atoms with E-state index < -0.39 is 60.2 Å². The summed E-state index contributed by atoms with van der Waals surface area (Å²) in [6, 6.07) is 2.36. The molecular formula is C24H30N8O6. The first-order valence-corrected chi connectivity index (χ1v) is 11.7. The number of fused-ring (bicyclic) bond motifs is 1. The predicted octanol–water partition coefficient (Wildman–Crippen LogP) is -1.56. The van der Waals surface area contributed by atoms with Gasteiger partial charge in [-0.2, -0.15) is 0 Å². The van der Waals surface area contributed by atoms with Crippen LogP contribution in [0.25, 0.3) is 10.9 Å². The minimum absolute atomic E-state index is 0.0233. The van der Waals surface area contributed by atoms with Crippen LogP contribution in [-0.4, -0.2) is 73.8 Å². The van der Waals surface area contributed by atoms with Crippen LogP contribution in [0.4, 0.5) is 0 Å². The van der Waals surface area contributed by atoms with Gasteiger partial charge in [0.15, 0.2) is 0 Å². The highest BCUT2D eigenvalue weighted by Crippen LogP contribution is 2.19. The lowest BCUT2D eigenvalue weighted by Crippen LogP contribution is -2.58. The zero-order valence-corrected chi connectivity index (χ0v) is 20.6. The summed E-state index contributed by atoms with van der Waals surface area (Å²) in [6.07, 6.45) is 3.84. The molecule has 0 aliphatic rings. The van der Waals surface area contributed by atoms with Crippen molar-refractivity contribution in [3.8, 4) is 0 Å². The summed E-state index contributed by atoms with van der Waals surface area (Å²) >= 11 is 0. The molecule has 4 atom stereocenters. The van der Waals surface area contributed by atoms with E-state index in [1.165, 1.54) is 19.4 Å². The fourth-order valence-corrected chi connectivity index (χ4v) is 3.80. The number of benzene rings is 1. The Bertz CT molecular complexity index is 1300. The third-order valence-corrected chi connectivity index (χ3v) is 5.78. The molecule has 1 aromatic carbocycles. The van der Waals surface area contributed by atoms with Gasteiger partial charge in [0.2, 0.25) is 23.6 Å². The van der Waals surface area contributed by atoms with Gasteiger partial charge in [-0.1, -0.05) is 18.2 Å². The standard InChI is InChI=1S/C24H30N8O6/c1-12(25)21(34)30-18(8-20(26)33)23(36)31-17(7-14-10-27-11-29-14)22(35)32-19(24(37)38)6-13-9-28-16-5-3-2-4-15(13)16/h2-5,9-12,17-19,28H,6-8,25H2,1H3,(H2,26,33)(H,27,29)(H,30,34)(H,31,36)(H,32,35)(H,37,38). The number of carbonyl (C=O) groups excluding carboxylic acids is 4. The molecule has 38 heavy (non-hydrogen) atoms. The third-order valence-electron chi connectivity index (χ3n) is 5.78. The summed E-state index contributed by atoms with van der Waals surface area (Å²) in [5, 5.41) is 17.9. The first-order chi connectivity index (χ1) is 18.0. The lowest BCUT2D eigenvalue weighted by Gasteiger charge is -2.24. The monoisotopic (exact) mass is 526 g/mol. The van der Waals surface area contributed by atoms with E-state index in [1.807, 2.05) is 24.3 Å². The van der Waals surface area contributed by atoms with Gasteiger partial charge in [0.05, 0.1) is 18.8 Å². The molecule has 0 bridgehead atoms. The van der Waals surface area contributed by atoms with E-state index in [0.29, 0.717) is 11.3 Å². The Morgan fingerprint density at radius 1 is 0.947 bits per heavy atom. The van der Waals surface area contributed by atoms with Gasteiger partial charge in [-0.25, -0.2) is 9.78 Å². The van der Waals surface area contributed by atoms with Crippen molar-refractivity contribution in [2.45, 2.75) is 50.4 Å². The maximum absolute atomic E-state index is 13.3. The number of carboxylic acids is 1. The molecule has 4 amide bonds. The molecule has 14 heteroatoms. The quantitative estimate of drug-likeness (QED) is 0.129. The van der Waals surface area contributed by atoms with Crippen LogP contribution < -0.4 is 27.4 Å². The molecule has 4 unspecified atom stereocenters. The number of carbonyl (C=O) groups is 5. The van der Waals surface area contributed by atoms with E-state index in [1.54, 1.807) is 6.20 Å². The molecule has 0 saturated carbocycles. The van der Waals surface area contributed by atoms with Gasteiger partial charge in [0, 0.05) is 41.8 Å². The summed E-state index contributed by atoms with van der Waals surface area (Å²) in [5.41, 5.74) is 12.7. The average molecular weight is 527 g/mol. The van der Waals surface area contributed by atoms with Gasteiger partial charge in [-0.05, 0) is 18.6 Å². The zero-order chi connectivity index (χ0) is 27.8. The van der Waals surface area contributed by atoms with E-state index in [-0.39, 0.29) is 12.8 Å². The molecule has 202 valence electrons. The molecule has 2 aromatic heterocycles. The Balaban J connectivity index is 1.79. The number of H-pyrrole nitrogens is 2. The Kier molecular flexibility index (Phi) is 9.16. The largest absolute Gasteiger partial charge is 0.480 e. The number of carboxylic acid groups (broad SMARTS) is 1. The van der Waals surface area contributed by atoms with Crippen LogP contribution in [0.5, 0.6) is 0 Å². The summed E-state index contributed by atoms with van der Waals surface area (Å²) in [7, 11) is 0. The second kappa shape index (κ2) is 12.5. The van der Waals surface area contributed by atoms with Crippen molar-refractivity contribution < 1.29 is 29.1 Å². The predicted molar refractivity (Wildman–Crippen MR) is 135 cm³/mol. The van der Waals surface area contributed by atoms with Crippen LogP contribution in [-0.2, 0) is 36.8 Å². The molecule has 14 nitrogen and oxygen atoms in total. The van der Waals surface area contributed by atoms with E-state index in [0.717, 1.165) is 10.9 Å². The van der Waals surface area contributed by atoms with Crippen LogP contribution in [0.1, 0.15) is 24.6 Å². The van der Waals surface area contributed by atoms with E-state index >= 15 is 0 Å². The average Bonchev–Trinajstić information content (AvgIpc) is 3.52. The van der Waals surface area contributed by atoms with Crippen molar-refractivity contribution in [2.75, 3.05) is 0 Å². The topological polar surface area (TPSA) is 238 Å². The fourth-order valence-electron chi connectivity index (χ4n) is 3.80. The number of aromatic amines is 2. The maximum Gasteiger partial charge on any atom is 0.326 e. The minimum atomic E-state index is -1.40. The second-order valence-corrected chi connectivity index (χ2v) is 8.83. The molecule has 0 spiro atoms. The van der Waals surface area contributed by atoms with Crippen molar-refractivity contribution in [2.24, 2.45) is 11.5 Å². The molecule has 3 rings (SSSR count). The van der Waals surface area contributed by atoms with Gasteiger partial charge >= 0.3 is 5.97 Å². The smallest absolute Gasteiger partial charge is 0.326 e. The van der Waals surface area contributed by atoms with Crippen LogP contribution in [0.2, 0.25) is 0 Å². The molecular weight excluding hydrogens is 496 g/mol. The lowest BCUT2D eigenvalue weighted by atomic mass is 10.0. The first-order valence-electron chi connectivity index (χ1n) is 11.7. The summed E-state index contributed by atoms with van der Waals surface area (Å²) < 4.78 is 0. The van der Waals surface area contributed by atoms with Gasteiger partial charge < -0.3 is 42.5 Å². The summed E-state index contributed by atoms with van der Waals surface area (Å²) in [5.74, 6) is -4.51. The van der Waals surface area contributed by atoms with Gasteiger partial charge in [0.1, 0.15) is 18.1 Å². The number of primary amides is 1. The molecule has 0 saturated heterocycles. The number of amides is 4. The minimum Gasteiger partial charge on any atom is -0.480 e. The number of hydrogen-bond acceptors (Lipinski definition) is 7. The summed E-state index contributed by atoms with van der Waals surface area (Å²) in [4.78, 5) is 71.6. The van der Waals surface area contributed by atoms with Crippen molar-refractivity contribution in [3.05, 3.63) is 54.2 Å². The molecule has 0 aliphatic carbocycles. The number of nitrogens with zero attached hydrogens (tertiary/aromatic N) is 1. The highest BCUT2D eigenvalue weighted by molar-refractivity contribution is 5.96. The Labute approximate surface area is 216 Å². The Hall–Kier alpha value is -4.72. The number of para-hydroxylation sites is 1. The number of aliphatic carboxylic acids is 1. The molecule has 0 fully saturated rings. The molecule has 3 aromatic rings. The van der Waals surface area contributed by atoms with Crippen LogP contribution in [0.15, 0.2) is 43.0 Å². The molecule has 10 N–H and O–H groups in total. The van der Waals surface area contributed by atoms with Gasteiger partial charge in [-0.15, -0.1) is 0 Å². The van der Waals surface area contributed by atoms with Crippen molar-refractivity contribution in [1.29, 1.82) is 0 Å². The number of nitrogens with one attached hydrogen (secondary N) is 5. The number of hydrogen-bond donors (Lipinski definition) is 8. The van der Waals surface area contributed by atoms with Gasteiger partial charge in [-0.3, -0.25) is 19.2 Å². The highest BCUT2D eigenvalue weighted by Gasteiger charge is 2.31. The number of aromatic nitrogens is 3. The van der Waals surface area contributed by atoms with Crippen molar-refractivity contribution in [1.82, 2.24) is 30.9 Å². The molecule has 0 radical (unpaired) electrons. The highest BCUT2D eigenvalue weighted by atomic mass is 16.4. The van der Waals surface area contributed by atoms with E-state index in [9.17, 15) is 29.1 Å². The second-order valence-electron chi connectivity index (χ2n) is 8.83. The normalized spacial score (nSPS) is 14.2. The van der Waals surface area contributed by atoms with Crippen LogP contribution >= 0.6 is 0 Å². The summed E-state index contributed by atoms with van der Waals surface area (Å²) in [6.45, 7) is 1.39. The van der Waals surface area contributed by atoms with Crippen LogP contribution in [0, 0.1) is 0 Å². The SMILES string of the molecule is CC(N)C(=O)NC(CC(N)=O)C(=O)NC(Cc1cnc[nH]1)C(=O)NC(Cc1c[nH]c2ccccc12)C(=O)O. The third kappa shape index (κ3) is 7.39. The first kappa shape index (κ1) is 27.9. The van der Waals surface area contributed by atoms with Crippen molar-refractivity contribution >= 4 is 40.5 Å². The fraction of sp³-hybridized carbons (Fsp3) is 0.333. The Morgan fingerprint density at radius 2 is 1.61 bits per heavy atom. The number of imidazole rings is 1. The maximum atomic E-state index is 13.3. The van der Waals surface area contributed by atoms with E-state index in [4.69, 9.17) is 11.5 Å². The van der Waals surface area contributed by atoms with Crippen LogP contribution in [0.3, 0.4) is 0 Å². The number of nitrogens with two attached hydrogens (primary N) is 2. The Morgan fingerprint density at radius 3 is 2.24 bits per heavy atom. The molecule has 2 heterocycles. The van der Waals surface area contributed by atoms with Crippen molar-refractivity contribution in [3.63, 3.8) is 0 Å². The lowest BCUT2D eigenvalue weighted by molar-refractivity contribution is -0.142. The molecule has 0 aliphatic heterocycles. The van der Waals surface area contributed by atoms with E-state index in [2.05, 4.69) is 30.9 Å².